The number of halogens is 4. The molecule has 1 aliphatic rings. The molecule has 3 aromatic carbocycles. The fourth-order valence-corrected chi connectivity index (χ4v) is 4.82. The summed E-state index contributed by atoms with van der Waals surface area (Å²) in [6.07, 6.45) is 8.73. The van der Waals surface area contributed by atoms with Gasteiger partial charge in [0.25, 0.3) is 0 Å². The van der Waals surface area contributed by atoms with Crippen LogP contribution >= 0.6 is 0 Å². The van der Waals surface area contributed by atoms with Crippen LogP contribution in [-0.2, 0) is 6.42 Å². The first-order chi connectivity index (χ1) is 16.9. The van der Waals surface area contributed by atoms with Crippen molar-refractivity contribution < 1.29 is 27.0 Å². The summed E-state index contributed by atoms with van der Waals surface area (Å²) in [6.45, 7) is -0.676. The Labute approximate surface area is 203 Å². The lowest BCUT2D eigenvalue weighted by atomic mass is 9.78. The molecule has 0 N–H and O–H groups in total. The van der Waals surface area contributed by atoms with Crippen LogP contribution in [0.25, 0.3) is 11.1 Å². The van der Waals surface area contributed by atoms with Gasteiger partial charge in [0.2, 0.25) is 5.82 Å². The molecule has 1 fully saturated rings. The van der Waals surface area contributed by atoms with Crippen LogP contribution in [0.1, 0.15) is 51.0 Å². The highest BCUT2D eigenvalue weighted by atomic mass is 19.3. The van der Waals surface area contributed by atoms with Gasteiger partial charge in [0, 0.05) is 5.56 Å². The molecule has 0 aliphatic heterocycles. The van der Waals surface area contributed by atoms with Crippen molar-refractivity contribution in [1.82, 2.24) is 0 Å². The molecular formula is C29H30F4O2. The van der Waals surface area contributed by atoms with Crippen molar-refractivity contribution in [1.29, 1.82) is 0 Å². The molecule has 35 heavy (non-hydrogen) atoms. The van der Waals surface area contributed by atoms with Crippen LogP contribution in [-0.4, -0.2) is 6.61 Å². The third kappa shape index (κ3) is 6.56. The third-order valence-corrected chi connectivity index (χ3v) is 6.97. The van der Waals surface area contributed by atoms with Gasteiger partial charge in [0.15, 0.2) is 11.6 Å². The number of alkyl halides is 2. The molecule has 1 aliphatic carbocycles. The SMILES string of the molecule is CCC1CCC(CCc2ccc(-c3ccc(F)c(F)c3Oc3ccc(OC(F)F)cc3)cc2)CC1. The largest absolute Gasteiger partial charge is 0.454 e. The number of benzene rings is 3. The molecule has 0 aromatic heterocycles. The molecule has 0 bridgehead atoms. The predicted octanol–water partition coefficient (Wildman–Crippen LogP) is 9.17. The van der Waals surface area contributed by atoms with E-state index in [1.165, 1.54) is 74.4 Å². The van der Waals surface area contributed by atoms with Crippen molar-refractivity contribution in [3.63, 3.8) is 0 Å². The second-order valence-corrected chi connectivity index (χ2v) is 9.22. The summed E-state index contributed by atoms with van der Waals surface area (Å²) in [6, 6.07) is 15.7. The first-order valence-corrected chi connectivity index (χ1v) is 12.2. The second-order valence-electron chi connectivity index (χ2n) is 9.22. The molecule has 1 saturated carbocycles. The zero-order valence-electron chi connectivity index (χ0n) is 19.8. The topological polar surface area (TPSA) is 18.5 Å². The molecule has 186 valence electrons. The zero-order valence-corrected chi connectivity index (χ0v) is 19.8. The van der Waals surface area contributed by atoms with Crippen molar-refractivity contribution in [3.8, 4) is 28.4 Å². The van der Waals surface area contributed by atoms with Gasteiger partial charge in [-0.2, -0.15) is 13.2 Å². The fraction of sp³-hybridized carbons (Fsp3) is 0.379. The Morgan fingerprint density at radius 1 is 0.800 bits per heavy atom. The van der Waals surface area contributed by atoms with E-state index in [0.717, 1.165) is 24.3 Å². The highest BCUT2D eigenvalue weighted by molar-refractivity contribution is 5.71. The Morgan fingerprint density at radius 3 is 2.06 bits per heavy atom. The van der Waals surface area contributed by atoms with Gasteiger partial charge in [-0.05, 0) is 72.2 Å². The van der Waals surface area contributed by atoms with Crippen molar-refractivity contribution in [2.75, 3.05) is 0 Å². The summed E-state index contributed by atoms with van der Waals surface area (Å²) < 4.78 is 63.4. The van der Waals surface area contributed by atoms with E-state index >= 15 is 0 Å². The van der Waals surface area contributed by atoms with Gasteiger partial charge in [-0.25, -0.2) is 4.39 Å². The van der Waals surface area contributed by atoms with Gasteiger partial charge in [-0.3, -0.25) is 0 Å². The van der Waals surface area contributed by atoms with E-state index in [1.807, 2.05) is 24.3 Å². The van der Waals surface area contributed by atoms with E-state index < -0.39 is 18.2 Å². The summed E-state index contributed by atoms with van der Waals surface area (Å²) in [4.78, 5) is 0. The molecule has 3 aromatic rings. The molecule has 6 heteroatoms. The Kier molecular flexibility index (Phi) is 8.32. The minimum atomic E-state index is -2.95. The number of rotatable bonds is 9. The Hall–Kier alpha value is -3.02. The molecule has 0 atom stereocenters. The van der Waals surface area contributed by atoms with Gasteiger partial charge in [0.1, 0.15) is 11.5 Å². The third-order valence-electron chi connectivity index (χ3n) is 6.97. The van der Waals surface area contributed by atoms with Gasteiger partial charge in [0.05, 0.1) is 0 Å². The Bertz CT molecular complexity index is 1090. The fourth-order valence-electron chi connectivity index (χ4n) is 4.82. The summed E-state index contributed by atoms with van der Waals surface area (Å²) in [5.41, 5.74) is 2.32. The number of hydrogen-bond donors (Lipinski definition) is 0. The number of hydrogen-bond acceptors (Lipinski definition) is 2. The lowest BCUT2D eigenvalue weighted by Crippen LogP contribution is -2.14. The minimum absolute atomic E-state index is 0.0544. The molecule has 2 nitrogen and oxygen atoms in total. The summed E-state index contributed by atoms with van der Waals surface area (Å²) in [5, 5.41) is 0. The van der Waals surface area contributed by atoms with Gasteiger partial charge < -0.3 is 9.47 Å². The molecule has 0 amide bonds. The maximum atomic E-state index is 14.7. The van der Waals surface area contributed by atoms with Crippen LogP contribution in [0.5, 0.6) is 17.2 Å². The van der Waals surface area contributed by atoms with Crippen LogP contribution < -0.4 is 9.47 Å². The first kappa shape index (κ1) is 25.1. The molecule has 0 unspecified atom stereocenters. The lowest BCUT2D eigenvalue weighted by molar-refractivity contribution is -0.0498. The van der Waals surface area contributed by atoms with E-state index in [-0.39, 0.29) is 17.2 Å². The molecule has 0 saturated heterocycles. The average Bonchev–Trinajstić information content (AvgIpc) is 2.87. The monoisotopic (exact) mass is 486 g/mol. The van der Waals surface area contributed by atoms with E-state index in [4.69, 9.17) is 4.74 Å². The standard InChI is InChI=1S/C29H30F4O2/c1-2-19-3-5-20(6-4-19)7-8-21-9-11-22(12-10-21)25-17-18-26(30)27(31)28(25)34-23-13-15-24(16-14-23)35-29(32)33/h9-20,29H,2-8H2,1H3. The molecule has 4 rings (SSSR count). The Balaban J connectivity index is 1.46. The van der Waals surface area contributed by atoms with Crippen LogP contribution in [0.4, 0.5) is 17.6 Å². The second kappa shape index (κ2) is 11.6. The van der Waals surface area contributed by atoms with E-state index in [2.05, 4.69) is 11.7 Å². The zero-order chi connectivity index (χ0) is 24.8. The van der Waals surface area contributed by atoms with Crippen LogP contribution in [0.2, 0.25) is 0 Å². The average molecular weight is 487 g/mol. The normalized spacial score (nSPS) is 18.0. The highest BCUT2D eigenvalue weighted by Crippen LogP contribution is 2.38. The minimum Gasteiger partial charge on any atom is -0.454 e. The smallest absolute Gasteiger partial charge is 0.387 e. The maximum absolute atomic E-state index is 14.7. The van der Waals surface area contributed by atoms with E-state index in [0.29, 0.717) is 11.1 Å². The lowest BCUT2D eigenvalue weighted by Gasteiger charge is -2.27. The highest BCUT2D eigenvalue weighted by Gasteiger charge is 2.20. The molecular weight excluding hydrogens is 456 g/mol. The van der Waals surface area contributed by atoms with Crippen molar-refractivity contribution >= 4 is 0 Å². The van der Waals surface area contributed by atoms with E-state index in [9.17, 15) is 17.6 Å². The molecule has 0 radical (unpaired) electrons. The summed E-state index contributed by atoms with van der Waals surface area (Å²) in [7, 11) is 0. The Morgan fingerprint density at radius 2 is 1.43 bits per heavy atom. The molecule has 0 spiro atoms. The van der Waals surface area contributed by atoms with Crippen LogP contribution in [0.3, 0.4) is 0 Å². The van der Waals surface area contributed by atoms with Gasteiger partial charge in [-0.1, -0.05) is 63.3 Å². The summed E-state index contributed by atoms with van der Waals surface area (Å²) >= 11 is 0. The molecule has 0 heterocycles. The van der Waals surface area contributed by atoms with Crippen LogP contribution in [0, 0.1) is 23.5 Å². The number of aryl methyl sites for hydroxylation is 1. The van der Waals surface area contributed by atoms with Gasteiger partial charge >= 0.3 is 6.61 Å². The van der Waals surface area contributed by atoms with Crippen LogP contribution in [0.15, 0.2) is 60.7 Å². The predicted molar refractivity (Wildman–Crippen MR) is 129 cm³/mol. The summed E-state index contributed by atoms with van der Waals surface area (Å²) in [5.74, 6) is -0.609. The first-order valence-electron chi connectivity index (χ1n) is 12.2. The number of ether oxygens (including phenoxy) is 2. The van der Waals surface area contributed by atoms with E-state index in [1.54, 1.807) is 0 Å². The van der Waals surface area contributed by atoms with Crippen molar-refractivity contribution in [2.45, 2.75) is 58.5 Å². The van der Waals surface area contributed by atoms with Gasteiger partial charge in [-0.15, -0.1) is 0 Å². The quantitative estimate of drug-likeness (QED) is 0.281. The van der Waals surface area contributed by atoms with Crippen molar-refractivity contribution in [3.05, 3.63) is 77.9 Å². The van der Waals surface area contributed by atoms with Crippen molar-refractivity contribution in [2.24, 2.45) is 11.8 Å². The maximum Gasteiger partial charge on any atom is 0.387 e.